The summed E-state index contributed by atoms with van der Waals surface area (Å²) in [6.07, 6.45) is 4.26. The molecule has 0 radical (unpaired) electrons. The minimum absolute atomic E-state index is 0.152. The number of fused-ring (bicyclic) bond motifs is 1. The van der Waals surface area contributed by atoms with E-state index in [0.717, 1.165) is 11.8 Å². The molecule has 10 heteroatoms. The Kier molecular flexibility index (Phi) is 7.51. The summed E-state index contributed by atoms with van der Waals surface area (Å²) in [6.45, 7) is -3.40. The van der Waals surface area contributed by atoms with Gasteiger partial charge in [0, 0.05) is 33.8 Å². The Morgan fingerprint density at radius 3 is 2.62 bits per heavy atom. The Balaban J connectivity index is 1.45. The number of nitrogens with zero attached hydrogens (tertiary/aromatic N) is 2. The summed E-state index contributed by atoms with van der Waals surface area (Å²) < 4.78 is 42.2. The molecule has 0 saturated heterocycles. The van der Waals surface area contributed by atoms with Gasteiger partial charge in [-0.05, 0) is 48.5 Å². The molecule has 2 aromatic heterocycles. The van der Waals surface area contributed by atoms with Crippen LogP contribution in [0.2, 0.25) is 5.02 Å². The lowest BCUT2D eigenvalue weighted by Gasteiger charge is -2.11. The zero-order chi connectivity index (χ0) is 27.4. The zero-order valence-corrected chi connectivity index (χ0v) is 20.8. The summed E-state index contributed by atoms with van der Waals surface area (Å²) >= 11 is 5.95. The third-order valence-electron chi connectivity index (χ3n) is 5.67. The number of hydrogen-bond acceptors (Lipinski definition) is 6. The molecule has 0 saturated carbocycles. The lowest BCUT2D eigenvalue weighted by Crippen LogP contribution is -2.07. The molecule has 0 atom stereocenters. The van der Waals surface area contributed by atoms with Crippen LogP contribution in [0.3, 0.4) is 0 Å². The maximum absolute atomic E-state index is 12.9. The molecular weight excluding hydrogens is 530 g/mol. The summed E-state index contributed by atoms with van der Waals surface area (Å²) in [5.41, 5.74) is 1.72. The highest BCUT2D eigenvalue weighted by atomic mass is 35.5. The Labute approximate surface area is 225 Å². The highest BCUT2D eigenvalue weighted by Gasteiger charge is 2.17. The summed E-state index contributed by atoms with van der Waals surface area (Å²) in [6, 6.07) is 22.0. The summed E-state index contributed by atoms with van der Waals surface area (Å²) in [5, 5.41) is 5.57. The van der Waals surface area contributed by atoms with Crippen LogP contribution in [0.1, 0.15) is 11.1 Å². The van der Waals surface area contributed by atoms with Crippen molar-refractivity contribution in [3.63, 3.8) is 0 Å². The molecular formula is C29H19ClF2N2O5. The molecule has 196 valence electrons. The third-order valence-corrected chi connectivity index (χ3v) is 5.90. The van der Waals surface area contributed by atoms with Crippen molar-refractivity contribution in [1.29, 1.82) is 0 Å². The molecule has 39 heavy (non-hydrogen) atoms. The van der Waals surface area contributed by atoms with E-state index in [0.29, 0.717) is 22.2 Å². The number of carbonyl (C=O) groups is 1. The van der Waals surface area contributed by atoms with E-state index in [-0.39, 0.29) is 28.5 Å². The number of benzene rings is 3. The quantitative estimate of drug-likeness (QED) is 0.122. The molecule has 0 N–H and O–H groups in total. The van der Waals surface area contributed by atoms with E-state index in [1.54, 1.807) is 29.1 Å². The van der Waals surface area contributed by atoms with E-state index >= 15 is 0 Å². The van der Waals surface area contributed by atoms with Gasteiger partial charge >= 0.3 is 18.2 Å². The van der Waals surface area contributed by atoms with Crippen molar-refractivity contribution < 1.29 is 27.5 Å². The van der Waals surface area contributed by atoms with Gasteiger partial charge < -0.3 is 13.9 Å². The zero-order valence-electron chi connectivity index (χ0n) is 20.1. The first-order valence-corrected chi connectivity index (χ1v) is 12.0. The molecule has 0 aliphatic carbocycles. The SMILES string of the molecule is O=C(/C=C/c1cn(-c2ccccc2)nc1-c1cc2ccccc2oc1=O)OCc1cc(Cl)ccc1OC(F)F. The van der Waals surface area contributed by atoms with Crippen molar-refractivity contribution in [2.75, 3.05) is 0 Å². The molecule has 3 aromatic carbocycles. The molecule has 5 aromatic rings. The van der Waals surface area contributed by atoms with Crippen molar-refractivity contribution in [1.82, 2.24) is 9.78 Å². The van der Waals surface area contributed by atoms with Crippen LogP contribution in [-0.2, 0) is 16.1 Å². The van der Waals surface area contributed by atoms with E-state index < -0.39 is 18.2 Å². The van der Waals surface area contributed by atoms with E-state index in [2.05, 4.69) is 9.84 Å². The first-order valence-electron chi connectivity index (χ1n) is 11.6. The predicted octanol–water partition coefficient (Wildman–Crippen LogP) is 6.66. The number of rotatable bonds is 8. The lowest BCUT2D eigenvalue weighted by molar-refractivity contribution is -0.139. The molecule has 2 heterocycles. The fraction of sp³-hybridized carbons (Fsp3) is 0.0690. The number of carbonyl (C=O) groups excluding carboxylic acids is 1. The highest BCUT2D eigenvalue weighted by Crippen LogP contribution is 2.27. The molecule has 0 fully saturated rings. The standard InChI is InChI=1S/C29H19ClF2N2O5/c30-21-11-12-25(39-29(31)32)20(14-21)17-37-26(35)13-10-19-16-34(22-7-2-1-3-8-22)33-27(19)23-15-18-6-4-5-9-24(18)38-28(23)36/h1-16,29H,17H2/b13-10+. The van der Waals surface area contributed by atoms with Crippen LogP contribution in [-0.4, -0.2) is 22.4 Å². The van der Waals surface area contributed by atoms with Gasteiger partial charge in [0.1, 0.15) is 23.6 Å². The van der Waals surface area contributed by atoms with E-state index in [1.807, 2.05) is 42.5 Å². The number of esters is 1. The smallest absolute Gasteiger partial charge is 0.387 e. The fourth-order valence-corrected chi connectivity index (χ4v) is 4.08. The topological polar surface area (TPSA) is 83.6 Å². The van der Waals surface area contributed by atoms with Gasteiger partial charge in [-0.1, -0.05) is 48.0 Å². The summed E-state index contributed by atoms with van der Waals surface area (Å²) in [5.74, 6) is -0.914. The van der Waals surface area contributed by atoms with Gasteiger partial charge in [-0.15, -0.1) is 0 Å². The highest BCUT2D eigenvalue weighted by molar-refractivity contribution is 6.30. The van der Waals surface area contributed by atoms with Gasteiger partial charge in [-0.25, -0.2) is 14.3 Å². The van der Waals surface area contributed by atoms with Gasteiger partial charge in [0.2, 0.25) is 0 Å². The van der Waals surface area contributed by atoms with Crippen molar-refractivity contribution >= 4 is 34.6 Å². The van der Waals surface area contributed by atoms with Crippen molar-refractivity contribution in [3.8, 4) is 22.7 Å². The third kappa shape index (κ3) is 6.05. The molecule has 0 aliphatic rings. The Morgan fingerprint density at radius 2 is 1.82 bits per heavy atom. The van der Waals surface area contributed by atoms with E-state index in [4.69, 9.17) is 20.8 Å². The molecule has 0 aliphatic heterocycles. The van der Waals surface area contributed by atoms with Gasteiger partial charge in [0.05, 0.1) is 11.3 Å². The van der Waals surface area contributed by atoms with Crippen molar-refractivity contribution in [2.24, 2.45) is 0 Å². The van der Waals surface area contributed by atoms with Crippen LogP contribution in [0.5, 0.6) is 5.75 Å². The molecule has 0 spiro atoms. The van der Waals surface area contributed by atoms with Crippen LogP contribution in [0.25, 0.3) is 34.0 Å². The average Bonchev–Trinajstić information content (AvgIpc) is 3.36. The number of para-hydroxylation sites is 2. The lowest BCUT2D eigenvalue weighted by atomic mass is 10.1. The number of alkyl halides is 2. The van der Waals surface area contributed by atoms with Crippen molar-refractivity contribution in [3.05, 3.63) is 118 Å². The predicted molar refractivity (Wildman–Crippen MR) is 142 cm³/mol. The second kappa shape index (κ2) is 11.3. The largest absolute Gasteiger partial charge is 0.458 e. The van der Waals surface area contributed by atoms with Gasteiger partial charge in [-0.3, -0.25) is 0 Å². The first kappa shape index (κ1) is 25.9. The van der Waals surface area contributed by atoms with Crippen LogP contribution in [0.4, 0.5) is 8.78 Å². The number of aromatic nitrogens is 2. The summed E-state index contributed by atoms with van der Waals surface area (Å²) in [4.78, 5) is 25.4. The molecule has 7 nitrogen and oxygen atoms in total. The average molecular weight is 549 g/mol. The van der Waals surface area contributed by atoms with E-state index in [1.165, 1.54) is 24.3 Å². The maximum Gasteiger partial charge on any atom is 0.387 e. The van der Waals surface area contributed by atoms with Crippen LogP contribution in [0, 0.1) is 0 Å². The number of ether oxygens (including phenoxy) is 2. The first-order chi connectivity index (χ1) is 18.9. The maximum atomic E-state index is 12.9. The minimum atomic E-state index is -3.05. The second-order valence-electron chi connectivity index (χ2n) is 8.27. The fourth-order valence-electron chi connectivity index (χ4n) is 3.89. The Bertz CT molecular complexity index is 1730. The second-order valence-corrected chi connectivity index (χ2v) is 8.71. The molecule has 0 unspecified atom stereocenters. The minimum Gasteiger partial charge on any atom is -0.458 e. The number of halogens is 3. The van der Waals surface area contributed by atoms with Crippen LogP contribution < -0.4 is 10.4 Å². The number of hydrogen-bond donors (Lipinski definition) is 0. The normalized spacial score (nSPS) is 11.4. The van der Waals surface area contributed by atoms with Crippen LogP contribution >= 0.6 is 11.6 Å². The summed E-state index contributed by atoms with van der Waals surface area (Å²) in [7, 11) is 0. The van der Waals surface area contributed by atoms with Crippen LogP contribution in [0.15, 0.2) is 100 Å². The molecule has 0 bridgehead atoms. The Hall–Kier alpha value is -4.76. The van der Waals surface area contributed by atoms with E-state index in [9.17, 15) is 18.4 Å². The van der Waals surface area contributed by atoms with Gasteiger partial charge in [0.25, 0.3) is 0 Å². The van der Waals surface area contributed by atoms with Gasteiger partial charge in [0.15, 0.2) is 0 Å². The van der Waals surface area contributed by atoms with Gasteiger partial charge in [-0.2, -0.15) is 13.9 Å². The molecule has 5 rings (SSSR count). The van der Waals surface area contributed by atoms with Crippen molar-refractivity contribution in [2.45, 2.75) is 13.2 Å². The Morgan fingerprint density at radius 1 is 1.05 bits per heavy atom. The molecule has 0 amide bonds. The monoisotopic (exact) mass is 548 g/mol.